The highest BCUT2D eigenvalue weighted by Crippen LogP contribution is 2.37. The Balaban J connectivity index is 1.72. The topological polar surface area (TPSA) is 52.7 Å². The largest absolute Gasteiger partial charge is 0.319 e. The summed E-state index contributed by atoms with van der Waals surface area (Å²) in [6, 6.07) is 7.36. The Bertz CT molecular complexity index is 949. The molecule has 5 nitrogen and oxygen atoms in total. The van der Waals surface area contributed by atoms with E-state index in [1.807, 2.05) is 12.1 Å². The number of halogens is 2. The number of rotatable bonds is 5. The Kier molecular flexibility index (Phi) is 3.84. The fraction of sp³-hybridized carbons (Fsp3) is 0.312. The predicted molar refractivity (Wildman–Crippen MR) is 87.3 cm³/mol. The fourth-order valence-corrected chi connectivity index (χ4v) is 3.66. The van der Waals surface area contributed by atoms with Crippen molar-refractivity contribution in [2.24, 2.45) is 0 Å². The van der Waals surface area contributed by atoms with E-state index in [2.05, 4.69) is 9.97 Å². The highest BCUT2D eigenvalue weighted by molar-refractivity contribution is 7.98. The summed E-state index contributed by atoms with van der Waals surface area (Å²) >= 11 is 1.27. The molecule has 0 atom stereocenters. The second-order valence-corrected chi connectivity index (χ2v) is 6.58. The predicted octanol–water partition coefficient (Wildman–Crippen LogP) is 3.62. The second kappa shape index (κ2) is 6.01. The maximum Gasteiger partial charge on any atom is 0.319 e. The molecule has 0 bridgehead atoms. The van der Waals surface area contributed by atoms with Crippen LogP contribution in [0, 0.1) is 0 Å². The maximum atomic E-state index is 12.9. The first-order valence-electron chi connectivity index (χ1n) is 7.59. The molecule has 24 heavy (non-hydrogen) atoms. The van der Waals surface area contributed by atoms with Gasteiger partial charge in [-0.15, -0.1) is 0 Å². The van der Waals surface area contributed by atoms with Gasteiger partial charge in [-0.1, -0.05) is 23.9 Å². The van der Waals surface area contributed by atoms with Crippen LogP contribution in [0.15, 0.2) is 46.6 Å². The van der Waals surface area contributed by atoms with Crippen LogP contribution < -0.4 is 5.56 Å². The van der Waals surface area contributed by atoms with Gasteiger partial charge in [0.25, 0.3) is 5.56 Å². The van der Waals surface area contributed by atoms with Crippen molar-refractivity contribution in [1.29, 1.82) is 0 Å². The van der Waals surface area contributed by atoms with Crippen LogP contribution in [-0.2, 0) is 5.75 Å². The van der Waals surface area contributed by atoms with Crippen LogP contribution in [0.5, 0.6) is 0 Å². The Morgan fingerprint density at radius 2 is 2.08 bits per heavy atom. The van der Waals surface area contributed by atoms with Gasteiger partial charge in [0.2, 0.25) is 0 Å². The number of thioether (sulfide) groups is 1. The summed E-state index contributed by atoms with van der Waals surface area (Å²) in [7, 11) is 0. The zero-order valence-corrected chi connectivity index (χ0v) is 13.4. The molecule has 1 aliphatic rings. The van der Waals surface area contributed by atoms with Crippen LogP contribution in [0.2, 0.25) is 0 Å². The third-order valence-corrected chi connectivity index (χ3v) is 4.93. The van der Waals surface area contributed by atoms with Crippen molar-refractivity contribution in [2.45, 2.75) is 36.3 Å². The lowest BCUT2D eigenvalue weighted by Gasteiger charge is -2.12. The average molecular weight is 348 g/mol. The molecule has 8 heteroatoms. The summed E-state index contributed by atoms with van der Waals surface area (Å²) in [6.07, 6.45) is 4.49. The van der Waals surface area contributed by atoms with Gasteiger partial charge in [-0.05, 0) is 25.0 Å². The second-order valence-electron chi connectivity index (χ2n) is 5.63. The number of hydrogen-bond donors (Lipinski definition) is 0. The van der Waals surface area contributed by atoms with Crippen molar-refractivity contribution >= 4 is 22.7 Å². The molecule has 0 unspecified atom stereocenters. The Morgan fingerprint density at radius 3 is 2.83 bits per heavy atom. The smallest absolute Gasteiger partial charge is 0.284 e. The molecule has 1 fully saturated rings. The molecule has 3 aromatic rings. The molecule has 0 amide bonds. The van der Waals surface area contributed by atoms with Gasteiger partial charge in [-0.25, -0.2) is 9.97 Å². The summed E-state index contributed by atoms with van der Waals surface area (Å²) in [5.74, 6) is 0.495. The van der Waals surface area contributed by atoms with E-state index in [0.717, 1.165) is 17.4 Å². The summed E-state index contributed by atoms with van der Waals surface area (Å²) < 4.78 is 28.4. The van der Waals surface area contributed by atoms with Crippen LogP contribution >= 0.6 is 11.8 Å². The van der Waals surface area contributed by atoms with E-state index in [1.165, 1.54) is 24.2 Å². The zero-order valence-electron chi connectivity index (χ0n) is 12.6. The van der Waals surface area contributed by atoms with Crippen molar-refractivity contribution in [2.75, 3.05) is 0 Å². The van der Waals surface area contributed by atoms with E-state index >= 15 is 0 Å². The lowest BCUT2D eigenvalue weighted by atomic mass is 10.2. The van der Waals surface area contributed by atoms with Crippen LogP contribution in [0.3, 0.4) is 0 Å². The number of hydrogen-bond acceptors (Lipinski definition) is 4. The van der Waals surface area contributed by atoms with Gasteiger partial charge in [0, 0.05) is 18.4 Å². The first-order valence-corrected chi connectivity index (χ1v) is 8.57. The normalized spacial score (nSPS) is 14.6. The van der Waals surface area contributed by atoms with Gasteiger partial charge in [0.15, 0.2) is 5.16 Å². The van der Waals surface area contributed by atoms with Crippen molar-refractivity contribution in [3.63, 3.8) is 0 Å². The molecular weight excluding hydrogens is 334 g/mol. The van der Waals surface area contributed by atoms with Crippen LogP contribution in [-0.4, -0.2) is 19.1 Å². The molecular formula is C16H14F2N4OS. The standard InChI is InChI=1S/C16H14F2N4OS/c17-15(18)21-8-7-19-13(21)9-24-16-20-12-4-2-1-3-11(12)14(23)22(16)10-5-6-10/h1-4,7-8,10,15H,5-6,9H2. The minimum Gasteiger partial charge on any atom is -0.284 e. The molecule has 1 aromatic carbocycles. The van der Waals surface area contributed by atoms with Gasteiger partial charge < -0.3 is 0 Å². The van der Waals surface area contributed by atoms with E-state index in [1.54, 1.807) is 16.7 Å². The summed E-state index contributed by atoms with van der Waals surface area (Å²) in [4.78, 5) is 21.3. The number of fused-ring (bicyclic) bond motifs is 1. The lowest BCUT2D eigenvalue weighted by Crippen LogP contribution is -2.22. The van der Waals surface area contributed by atoms with Gasteiger partial charge >= 0.3 is 6.55 Å². The number of para-hydroxylation sites is 1. The number of nitrogens with zero attached hydrogens (tertiary/aromatic N) is 4. The van der Waals surface area contributed by atoms with Crippen molar-refractivity contribution in [3.05, 3.63) is 52.8 Å². The molecule has 2 heterocycles. The highest BCUT2D eigenvalue weighted by atomic mass is 32.2. The molecule has 124 valence electrons. The molecule has 0 saturated heterocycles. The van der Waals surface area contributed by atoms with Crippen LogP contribution in [0.1, 0.15) is 31.3 Å². The quantitative estimate of drug-likeness (QED) is 0.522. The SMILES string of the molecule is O=c1c2ccccc2nc(SCc2nccn2C(F)F)n1C1CC1. The van der Waals surface area contributed by atoms with Crippen LogP contribution in [0.25, 0.3) is 10.9 Å². The third kappa shape index (κ3) is 2.71. The van der Waals surface area contributed by atoms with Crippen LogP contribution in [0.4, 0.5) is 8.78 Å². The van der Waals surface area contributed by atoms with Crippen molar-refractivity contribution < 1.29 is 8.78 Å². The molecule has 4 rings (SSSR count). The van der Waals surface area contributed by atoms with Gasteiger partial charge in [0.1, 0.15) is 5.82 Å². The Hall–Kier alpha value is -2.22. The van der Waals surface area contributed by atoms with E-state index in [9.17, 15) is 13.6 Å². The minimum atomic E-state index is -2.63. The lowest BCUT2D eigenvalue weighted by molar-refractivity contribution is 0.0678. The number of benzene rings is 1. The number of aromatic nitrogens is 4. The highest BCUT2D eigenvalue weighted by Gasteiger charge is 2.28. The molecule has 0 aliphatic heterocycles. The van der Waals surface area contributed by atoms with Gasteiger partial charge in [0.05, 0.1) is 16.7 Å². The molecule has 0 N–H and O–H groups in total. The molecule has 1 aliphatic carbocycles. The van der Waals surface area contributed by atoms with E-state index < -0.39 is 6.55 Å². The van der Waals surface area contributed by atoms with E-state index in [4.69, 9.17) is 0 Å². The average Bonchev–Trinajstić information content (AvgIpc) is 3.29. The Labute approximate surface area is 140 Å². The van der Waals surface area contributed by atoms with Gasteiger partial charge in [-0.2, -0.15) is 8.78 Å². The van der Waals surface area contributed by atoms with Crippen molar-refractivity contribution in [3.8, 4) is 0 Å². The zero-order chi connectivity index (χ0) is 16.7. The fourth-order valence-electron chi connectivity index (χ4n) is 2.64. The Morgan fingerprint density at radius 1 is 1.29 bits per heavy atom. The molecule has 1 saturated carbocycles. The monoisotopic (exact) mass is 348 g/mol. The summed E-state index contributed by atoms with van der Waals surface area (Å²) in [6.45, 7) is -2.63. The van der Waals surface area contributed by atoms with Crippen molar-refractivity contribution in [1.82, 2.24) is 19.1 Å². The van der Waals surface area contributed by atoms with E-state index in [-0.39, 0.29) is 23.2 Å². The third-order valence-electron chi connectivity index (χ3n) is 3.98. The van der Waals surface area contributed by atoms with Gasteiger partial charge in [-0.3, -0.25) is 13.9 Å². The van der Waals surface area contributed by atoms with E-state index in [0.29, 0.717) is 16.1 Å². The summed E-state index contributed by atoms with van der Waals surface area (Å²) in [5, 5.41) is 1.15. The minimum absolute atomic E-state index is 0.0669. The molecule has 0 radical (unpaired) electrons. The summed E-state index contributed by atoms with van der Waals surface area (Å²) in [5.41, 5.74) is 0.557. The molecule has 2 aromatic heterocycles. The number of alkyl halides is 2. The maximum absolute atomic E-state index is 12.9. The number of imidazole rings is 1. The first-order chi connectivity index (χ1) is 11.6. The first kappa shape index (κ1) is 15.3. The molecule has 0 spiro atoms.